The molecular formula is C11H16ClN3O4S. The number of benzene rings is 1. The fraction of sp³-hybridized carbons (Fsp3) is 0.455. The summed E-state index contributed by atoms with van der Waals surface area (Å²) in [7, 11) is -4.04. The Morgan fingerprint density at radius 3 is 2.65 bits per heavy atom. The fourth-order valence-corrected chi connectivity index (χ4v) is 3.47. The van der Waals surface area contributed by atoms with E-state index >= 15 is 0 Å². The molecule has 0 aromatic heterocycles. The molecule has 112 valence electrons. The molecule has 1 atom stereocenters. The molecule has 0 bridgehead atoms. The van der Waals surface area contributed by atoms with Gasteiger partial charge in [0.2, 0.25) is 10.0 Å². The number of nitrogens with one attached hydrogen (secondary N) is 2. The summed E-state index contributed by atoms with van der Waals surface area (Å²) in [5.41, 5.74) is -0.541. The van der Waals surface area contributed by atoms with E-state index in [4.69, 9.17) is 11.6 Å². The second kappa shape index (κ2) is 6.98. The van der Waals surface area contributed by atoms with Gasteiger partial charge in [-0.05, 0) is 19.5 Å². The molecule has 0 saturated carbocycles. The predicted octanol–water partition coefficient (Wildman–Crippen LogP) is 1.52. The van der Waals surface area contributed by atoms with Crippen LogP contribution in [-0.2, 0) is 10.0 Å². The molecule has 0 spiro atoms. The van der Waals surface area contributed by atoms with Gasteiger partial charge in [0.05, 0.1) is 9.95 Å². The highest BCUT2D eigenvalue weighted by atomic mass is 35.5. The van der Waals surface area contributed by atoms with Crippen molar-refractivity contribution < 1.29 is 13.3 Å². The van der Waals surface area contributed by atoms with Gasteiger partial charge in [0, 0.05) is 18.7 Å². The molecule has 0 amide bonds. The SMILES string of the molecule is CCN[C@H](C)CNS(=O)(=O)c1c(Cl)cccc1[N+](=O)[O-]. The lowest BCUT2D eigenvalue weighted by Gasteiger charge is -2.14. The normalized spacial score (nSPS) is 13.2. The zero-order chi connectivity index (χ0) is 15.3. The number of hydrogen-bond acceptors (Lipinski definition) is 5. The molecule has 7 nitrogen and oxygen atoms in total. The van der Waals surface area contributed by atoms with Crippen LogP contribution in [0.25, 0.3) is 0 Å². The smallest absolute Gasteiger partial charge is 0.290 e. The van der Waals surface area contributed by atoms with Gasteiger partial charge >= 0.3 is 0 Å². The van der Waals surface area contributed by atoms with Crippen LogP contribution in [0.15, 0.2) is 23.1 Å². The number of nitro groups is 1. The van der Waals surface area contributed by atoms with Gasteiger partial charge in [0.25, 0.3) is 5.69 Å². The Balaban J connectivity index is 3.07. The number of nitro benzene ring substituents is 1. The van der Waals surface area contributed by atoms with Gasteiger partial charge in [-0.15, -0.1) is 0 Å². The summed E-state index contributed by atoms with van der Waals surface area (Å²) in [4.78, 5) is 9.63. The summed E-state index contributed by atoms with van der Waals surface area (Å²) >= 11 is 5.80. The molecule has 0 radical (unpaired) electrons. The summed E-state index contributed by atoms with van der Waals surface area (Å²) in [6.45, 7) is 4.49. The standard InChI is InChI=1S/C11H16ClN3O4S/c1-3-13-8(2)7-14-20(18,19)11-9(12)5-4-6-10(11)15(16)17/h4-6,8,13-14H,3,7H2,1-2H3/t8-/m1/s1. The van der Waals surface area contributed by atoms with Crippen LogP contribution in [-0.4, -0.2) is 32.5 Å². The van der Waals surface area contributed by atoms with Crippen LogP contribution in [0.5, 0.6) is 0 Å². The van der Waals surface area contributed by atoms with Gasteiger partial charge in [-0.1, -0.05) is 24.6 Å². The van der Waals surface area contributed by atoms with Crippen molar-refractivity contribution in [1.29, 1.82) is 0 Å². The van der Waals surface area contributed by atoms with Crippen molar-refractivity contribution in [3.05, 3.63) is 33.3 Å². The van der Waals surface area contributed by atoms with E-state index in [1.807, 2.05) is 6.92 Å². The number of nitrogens with zero attached hydrogens (tertiary/aromatic N) is 1. The van der Waals surface area contributed by atoms with Gasteiger partial charge in [-0.2, -0.15) is 0 Å². The maximum absolute atomic E-state index is 12.2. The maximum atomic E-state index is 12.2. The molecule has 1 aromatic rings. The number of halogens is 1. The summed E-state index contributed by atoms with van der Waals surface area (Å²) in [6.07, 6.45) is 0. The third-order valence-corrected chi connectivity index (χ3v) is 4.48. The lowest BCUT2D eigenvalue weighted by atomic mass is 10.3. The average molecular weight is 322 g/mol. The van der Waals surface area contributed by atoms with E-state index in [1.165, 1.54) is 12.1 Å². The molecule has 2 N–H and O–H groups in total. The molecule has 0 fully saturated rings. The molecule has 0 unspecified atom stereocenters. The van der Waals surface area contributed by atoms with Crippen molar-refractivity contribution in [2.75, 3.05) is 13.1 Å². The Kier molecular flexibility index (Phi) is 5.88. The van der Waals surface area contributed by atoms with Crippen molar-refractivity contribution in [2.45, 2.75) is 24.8 Å². The lowest BCUT2D eigenvalue weighted by molar-refractivity contribution is -0.387. The summed E-state index contributed by atoms with van der Waals surface area (Å²) in [6, 6.07) is 3.64. The van der Waals surface area contributed by atoms with E-state index in [0.29, 0.717) is 6.54 Å². The van der Waals surface area contributed by atoms with E-state index in [1.54, 1.807) is 6.92 Å². The first kappa shape index (κ1) is 16.8. The third kappa shape index (κ3) is 4.14. The molecule has 0 aliphatic carbocycles. The number of hydrogen-bond donors (Lipinski definition) is 2. The fourth-order valence-electron chi connectivity index (χ4n) is 1.63. The quantitative estimate of drug-likeness (QED) is 0.585. The number of sulfonamides is 1. The van der Waals surface area contributed by atoms with Crippen LogP contribution in [0.4, 0.5) is 5.69 Å². The molecule has 1 aromatic carbocycles. The first-order chi connectivity index (χ1) is 9.29. The van der Waals surface area contributed by atoms with Gasteiger partial charge in [0.1, 0.15) is 0 Å². The maximum Gasteiger partial charge on any atom is 0.290 e. The molecule has 0 heterocycles. The zero-order valence-electron chi connectivity index (χ0n) is 11.1. The molecule has 1 rings (SSSR count). The zero-order valence-corrected chi connectivity index (χ0v) is 12.7. The molecule has 0 aliphatic heterocycles. The van der Waals surface area contributed by atoms with E-state index in [2.05, 4.69) is 10.0 Å². The van der Waals surface area contributed by atoms with Crippen LogP contribution < -0.4 is 10.0 Å². The minimum Gasteiger partial charge on any atom is -0.313 e. The molecular weight excluding hydrogens is 306 g/mol. The van der Waals surface area contributed by atoms with E-state index in [0.717, 1.165) is 6.07 Å². The Hall–Kier alpha value is -1.22. The largest absolute Gasteiger partial charge is 0.313 e. The van der Waals surface area contributed by atoms with Crippen LogP contribution in [0, 0.1) is 10.1 Å². The lowest BCUT2D eigenvalue weighted by Crippen LogP contribution is -2.39. The van der Waals surface area contributed by atoms with Crippen molar-refractivity contribution in [3.63, 3.8) is 0 Å². The molecule has 0 saturated heterocycles. The van der Waals surface area contributed by atoms with Gasteiger partial charge in [-0.3, -0.25) is 10.1 Å². The summed E-state index contributed by atoms with van der Waals surface area (Å²) in [5.74, 6) is 0. The monoisotopic (exact) mass is 321 g/mol. The Labute approximate surface area is 122 Å². The van der Waals surface area contributed by atoms with E-state index in [9.17, 15) is 18.5 Å². The van der Waals surface area contributed by atoms with Gasteiger partial charge in [0.15, 0.2) is 4.90 Å². The van der Waals surface area contributed by atoms with Crippen LogP contribution in [0.1, 0.15) is 13.8 Å². The van der Waals surface area contributed by atoms with Crippen molar-refractivity contribution >= 4 is 27.3 Å². The molecule has 20 heavy (non-hydrogen) atoms. The summed E-state index contributed by atoms with van der Waals surface area (Å²) in [5, 5.41) is 13.8. The van der Waals surface area contributed by atoms with Crippen LogP contribution in [0.2, 0.25) is 5.02 Å². The molecule has 9 heteroatoms. The number of rotatable bonds is 7. The Bertz CT molecular complexity index is 591. The summed E-state index contributed by atoms with van der Waals surface area (Å²) < 4.78 is 26.6. The van der Waals surface area contributed by atoms with Crippen LogP contribution in [0.3, 0.4) is 0 Å². The highest BCUT2D eigenvalue weighted by Crippen LogP contribution is 2.30. The highest BCUT2D eigenvalue weighted by molar-refractivity contribution is 7.89. The van der Waals surface area contributed by atoms with E-state index < -0.39 is 25.5 Å². The Morgan fingerprint density at radius 1 is 1.45 bits per heavy atom. The van der Waals surface area contributed by atoms with Crippen molar-refractivity contribution in [3.8, 4) is 0 Å². The second-order valence-electron chi connectivity index (χ2n) is 4.16. The predicted molar refractivity (Wildman–Crippen MR) is 76.4 cm³/mol. The first-order valence-corrected chi connectivity index (χ1v) is 7.81. The Morgan fingerprint density at radius 2 is 2.10 bits per heavy atom. The van der Waals surface area contributed by atoms with E-state index in [-0.39, 0.29) is 17.6 Å². The topological polar surface area (TPSA) is 101 Å². The minimum atomic E-state index is -4.04. The van der Waals surface area contributed by atoms with Crippen molar-refractivity contribution in [1.82, 2.24) is 10.0 Å². The first-order valence-electron chi connectivity index (χ1n) is 5.95. The number of likely N-dealkylation sites (N-methyl/N-ethyl adjacent to an activating group) is 1. The average Bonchev–Trinajstić information content (AvgIpc) is 2.36. The third-order valence-electron chi connectivity index (χ3n) is 2.54. The van der Waals surface area contributed by atoms with Gasteiger partial charge in [-0.25, -0.2) is 13.1 Å². The molecule has 0 aliphatic rings. The second-order valence-corrected chi connectivity index (χ2v) is 6.27. The minimum absolute atomic E-state index is 0.101. The van der Waals surface area contributed by atoms with Gasteiger partial charge < -0.3 is 5.32 Å². The van der Waals surface area contributed by atoms with Crippen LogP contribution >= 0.6 is 11.6 Å². The van der Waals surface area contributed by atoms with Crippen molar-refractivity contribution in [2.24, 2.45) is 0 Å². The highest BCUT2D eigenvalue weighted by Gasteiger charge is 2.28.